The van der Waals surface area contributed by atoms with E-state index in [1.54, 1.807) is 6.20 Å². The molecule has 0 aliphatic rings. The second-order valence-electron chi connectivity index (χ2n) is 11.1. The van der Waals surface area contributed by atoms with Crippen molar-refractivity contribution in [2.24, 2.45) is 0 Å². The fourth-order valence-corrected chi connectivity index (χ4v) is 6.87. The normalized spacial score (nSPS) is 13.2. The van der Waals surface area contributed by atoms with Gasteiger partial charge in [-0.3, -0.25) is 9.36 Å². The molecule has 0 aromatic carbocycles. The average molecular weight is 597 g/mol. The van der Waals surface area contributed by atoms with Crippen molar-refractivity contribution in [2.75, 3.05) is 32.5 Å². The predicted octanol–water partition coefficient (Wildman–Crippen LogP) is 7.60. The van der Waals surface area contributed by atoms with Crippen LogP contribution >= 0.6 is 7.60 Å². The van der Waals surface area contributed by atoms with Gasteiger partial charge in [-0.05, 0) is 32.7 Å². The van der Waals surface area contributed by atoms with E-state index < -0.39 is 7.60 Å². The molecule has 0 fully saturated rings. The number of aromatic amines is 2. The van der Waals surface area contributed by atoms with Crippen LogP contribution in [0.15, 0.2) is 17.3 Å². The molecule has 0 amide bonds. The van der Waals surface area contributed by atoms with E-state index in [1.807, 2.05) is 6.92 Å². The van der Waals surface area contributed by atoms with Gasteiger partial charge >= 0.3 is 7.60 Å². The van der Waals surface area contributed by atoms with Gasteiger partial charge in [0.2, 0.25) is 0 Å². The maximum absolute atomic E-state index is 13.1. The Labute approximate surface area is 247 Å². The van der Waals surface area contributed by atoms with Crippen LogP contribution in [0.1, 0.15) is 128 Å². The standard InChI is InChI=1S/C31H57N4O5P/c1-2-39-41(38,24-20-21-32-25-28-26-33-30-29(28)34-27-35-31(30)37)40-23-19-17-15-13-11-9-7-5-3-4-6-8-10-12-14-16-18-22-36/h26-27,32-33,36H,2-25H2,1H3,(H,34,35,37). The number of nitrogens with zero attached hydrogens (tertiary/aromatic N) is 1. The summed E-state index contributed by atoms with van der Waals surface area (Å²) < 4.78 is 24.4. The van der Waals surface area contributed by atoms with E-state index >= 15 is 0 Å². The molecule has 2 aromatic rings. The van der Waals surface area contributed by atoms with E-state index in [1.165, 1.54) is 96.2 Å². The van der Waals surface area contributed by atoms with E-state index in [0.29, 0.717) is 56.5 Å². The van der Waals surface area contributed by atoms with Crippen LogP contribution < -0.4 is 10.9 Å². The summed E-state index contributed by atoms with van der Waals surface area (Å²) in [4.78, 5) is 21.6. The first-order chi connectivity index (χ1) is 20.1. The molecule has 1 atom stereocenters. The first-order valence-corrected chi connectivity index (χ1v) is 18.1. The van der Waals surface area contributed by atoms with E-state index in [-0.39, 0.29) is 5.56 Å². The summed E-state index contributed by atoms with van der Waals surface area (Å²) >= 11 is 0. The Kier molecular flexibility index (Phi) is 20.0. The Morgan fingerprint density at radius 2 is 1.37 bits per heavy atom. The van der Waals surface area contributed by atoms with Gasteiger partial charge in [-0.25, -0.2) is 4.98 Å². The van der Waals surface area contributed by atoms with Gasteiger partial charge in [-0.15, -0.1) is 0 Å². The highest BCUT2D eigenvalue weighted by molar-refractivity contribution is 7.53. The molecule has 4 N–H and O–H groups in total. The van der Waals surface area contributed by atoms with Crippen molar-refractivity contribution in [3.8, 4) is 0 Å². The maximum atomic E-state index is 13.1. The maximum Gasteiger partial charge on any atom is 0.330 e. The van der Waals surface area contributed by atoms with Crippen molar-refractivity contribution in [3.63, 3.8) is 0 Å². The van der Waals surface area contributed by atoms with E-state index in [9.17, 15) is 9.36 Å². The lowest BCUT2D eigenvalue weighted by Gasteiger charge is -2.18. The average Bonchev–Trinajstić information content (AvgIpc) is 3.38. The number of aliphatic hydroxyl groups excluding tert-OH is 1. The van der Waals surface area contributed by atoms with Crippen LogP contribution in [-0.4, -0.2) is 52.6 Å². The van der Waals surface area contributed by atoms with Crippen molar-refractivity contribution in [3.05, 3.63) is 28.4 Å². The SMILES string of the molecule is CCOP(=O)(CCCNCc1c[nH]c2c(=O)[nH]cnc12)OCCCCCCCCCCCCCCCCCCCO. The second kappa shape index (κ2) is 23.0. The van der Waals surface area contributed by atoms with Crippen molar-refractivity contribution >= 4 is 18.6 Å². The molecule has 2 rings (SSSR count). The minimum absolute atomic E-state index is 0.179. The predicted molar refractivity (Wildman–Crippen MR) is 169 cm³/mol. The lowest BCUT2D eigenvalue weighted by molar-refractivity contribution is 0.207. The molecule has 0 bridgehead atoms. The number of fused-ring (bicyclic) bond motifs is 1. The molecule has 41 heavy (non-hydrogen) atoms. The highest BCUT2D eigenvalue weighted by Crippen LogP contribution is 2.48. The van der Waals surface area contributed by atoms with Gasteiger partial charge in [-0.2, -0.15) is 0 Å². The van der Waals surface area contributed by atoms with Crippen LogP contribution in [0, 0.1) is 0 Å². The van der Waals surface area contributed by atoms with Crippen LogP contribution in [0.2, 0.25) is 0 Å². The summed E-state index contributed by atoms with van der Waals surface area (Å²) in [5, 5.41) is 12.1. The molecule has 0 aliphatic carbocycles. The molecule has 10 heteroatoms. The summed E-state index contributed by atoms with van der Waals surface area (Å²) in [6, 6.07) is 0. The molecule has 0 aliphatic heterocycles. The zero-order valence-electron chi connectivity index (χ0n) is 25.6. The zero-order valence-corrected chi connectivity index (χ0v) is 26.5. The van der Waals surface area contributed by atoms with Crippen LogP contribution in [0.4, 0.5) is 0 Å². The molecule has 9 nitrogen and oxygen atoms in total. The number of rotatable bonds is 28. The van der Waals surface area contributed by atoms with Crippen molar-refractivity contribution in [2.45, 2.75) is 129 Å². The number of aliphatic hydroxyl groups is 1. The quantitative estimate of drug-likeness (QED) is 0.0588. The molecule has 0 radical (unpaired) electrons. The van der Waals surface area contributed by atoms with Crippen molar-refractivity contribution < 1.29 is 18.7 Å². The first-order valence-electron chi connectivity index (χ1n) is 16.3. The van der Waals surface area contributed by atoms with Crippen molar-refractivity contribution in [1.29, 1.82) is 0 Å². The summed E-state index contributed by atoms with van der Waals surface area (Å²) in [6.45, 7) is 4.31. The minimum Gasteiger partial charge on any atom is -0.396 e. The van der Waals surface area contributed by atoms with Crippen LogP contribution in [0.5, 0.6) is 0 Å². The molecular formula is C31H57N4O5P. The van der Waals surface area contributed by atoms with E-state index in [2.05, 4.69) is 20.3 Å². The number of aromatic nitrogens is 3. The third-order valence-electron chi connectivity index (χ3n) is 7.57. The molecule has 1 unspecified atom stereocenters. The summed E-state index contributed by atoms with van der Waals surface area (Å²) in [6.07, 6.45) is 25.8. The molecule has 2 aromatic heterocycles. The van der Waals surface area contributed by atoms with Gasteiger partial charge in [0.05, 0.1) is 31.2 Å². The molecular weight excluding hydrogens is 539 g/mol. The lowest BCUT2D eigenvalue weighted by atomic mass is 10.0. The monoisotopic (exact) mass is 596 g/mol. The number of nitrogens with one attached hydrogen (secondary N) is 3. The summed E-state index contributed by atoms with van der Waals surface area (Å²) in [5.74, 6) is 0. The van der Waals surface area contributed by atoms with Gasteiger partial charge in [0.25, 0.3) is 5.56 Å². The van der Waals surface area contributed by atoms with Gasteiger partial charge in [0, 0.05) is 24.9 Å². The van der Waals surface area contributed by atoms with Crippen LogP contribution in [-0.2, 0) is 20.2 Å². The van der Waals surface area contributed by atoms with Gasteiger partial charge in [-0.1, -0.05) is 96.3 Å². The second-order valence-corrected chi connectivity index (χ2v) is 13.3. The Balaban J connectivity index is 1.40. The largest absolute Gasteiger partial charge is 0.396 e. The molecule has 236 valence electrons. The fourth-order valence-electron chi connectivity index (χ4n) is 5.19. The molecule has 0 spiro atoms. The lowest BCUT2D eigenvalue weighted by Crippen LogP contribution is -2.16. The van der Waals surface area contributed by atoms with Gasteiger partial charge in [0.1, 0.15) is 5.52 Å². The Bertz CT molecular complexity index is 1010. The molecule has 0 saturated carbocycles. The molecule has 0 saturated heterocycles. The Morgan fingerprint density at radius 1 is 0.805 bits per heavy atom. The Hall–Kier alpha value is -1.51. The third kappa shape index (κ3) is 16.1. The first kappa shape index (κ1) is 35.7. The number of hydrogen-bond acceptors (Lipinski definition) is 7. The van der Waals surface area contributed by atoms with Gasteiger partial charge in [0.15, 0.2) is 0 Å². The highest BCUT2D eigenvalue weighted by atomic mass is 31.2. The molecule has 2 heterocycles. The van der Waals surface area contributed by atoms with Crippen LogP contribution in [0.3, 0.4) is 0 Å². The highest BCUT2D eigenvalue weighted by Gasteiger charge is 2.23. The number of unbranched alkanes of at least 4 members (excludes halogenated alkanes) is 16. The number of H-pyrrole nitrogens is 2. The smallest absolute Gasteiger partial charge is 0.330 e. The number of hydrogen-bond donors (Lipinski definition) is 4. The third-order valence-corrected chi connectivity index (χ3v) is 9.66. The zero-order chi connectivity index (χ0) is 29.4. The Morgan fingerprint density at radius 3 is 1.93 bits per heavy atom. The fraction of sp³-hybridized carbons (Fsp3) is 0.806. The van der Waals surface area contributed by atoms with E-state index in [0.717, 1.165) is 24.8 Å². The van der Waals surface area contributed by atoms with Gasteiger partial charge < -0.3 is 29.4 Å². The van der Waals surface area contributed by atoms with E-state index in [4.69, 9.17) is 14.2 Å². The topological polar surface area (TPSA) is 129 Å². The minimum atomic E-state index is -3.07. The summed E-state index contributed by atoms with van der Waals surface area (Å²) in [5.41, 5.74) is 1.90. The summed E-state index contributed by atoms with van der Waals surface area (Å²) in [7, 11) is -3.07. The van der Waals surface area contributed by atoms with Crippen LogP contribution in [0.25, 0.3) is 11.0 Å². The van der Waals surface area contributed by atoms with Crippen molar-refractivity contribution in [1.82, 2.24) is 20.3 Å².